The maximum Gasteiger partial charge on any atom is 0.243 e. The number of halogens is 1. The van der Waals surface area contributed by atoms with Crippen molar-refractivity contribution in [3.63, 3.8) is 0 Å². The molecule has 2 aromatic carbocycles. The minimum atomic E-state index is -3.59. The van der Waals surface area contributed by atoms with Crippen LogP contribution in [0, 0.1) is 6.92 Å². The highest BCUT2D eigenvalue weighted by molar-refractivity contribution is 7.89. The molecule has 1 aromatic heterocycles. The van der Waals surface area contributed by atoms with Crippen LogP contribution in [0.5, 0.6) is 0 Å². The number of anilines is 2. The molecule has 30 heavy (non-hydrogen) atoms. The standard InChI is InChI=1S/C21H21ClN4O3S/c1-15-2-3-16(14-20(15)30(27,28)26-10-12-29-13-11-26)19-8-9-21(25-24-19)23-18-6-4-17(22)5-7-18/h2-9,14H,10-13H2,1H3,(H,23,25). The first-order valence-electron chi connectivity index (χ1n) is 9.49. The Hall–Kier alpha value is -2.52. The van der Waals surface area contributed by atoms with E-state index in [4.69, 9.17) is 16.3 Å². The van der Waals surface area contributed by atoms with E-state index in [-0.39, 0.29) is 4.90 Å². The number of rotatable bonds is 5. The van der Waals surface area contributed by atoms with Crippen molar-refractivity contribution in [3.8, 4) is 11.3 Å². The Morgan fingerprint density at radius 2 is 1.73 bits per heavy atom. The van der Waals surface area contributed by atoms with Gasteiger partial charge in [0.1, 0.15) is 0 Å². The van der Waals surface area contributed by atoms with E-state index in [0.29, 0.717) is 54.0 Å². The number of sulfonamides is 1. The predicted molar refractivity (Wildman–Crippen MR) is 117 cm³/mol. The van der Waals surface area contributed by atoms with Crippen LogP contribution in [-0.2, 0) is 14.8 Å². The Balaban J connectivity index is 1.58. The van der Waals surface area contributed by atoms with Gasteiger partial charge in [-0.3, -0.25) is 0 Å². The summed E-state index contributed by atoms with van der Waals surface area (Å²) in [7, 11) is -3.59. The van der Waals surface area contributed by atoms with Gasteiger partial charge >= 0.3 is 0 Å². The van der Waals surface area contributed by atoms with Gasteiger partial charge in [-0.2, -0.15) is 4.31 Å². The molecule has 0 unspecified atom stereocenters. The van der Waals surface area contributed by atoms with Gasteiger partial charge in [0.25, 0.3) is 0 Å². The average molecular weight is 445 g/mol. The van der Waals surface area contributed by atoms with Crippen molar-refractivity contribution < 1.29 is 13.2 Å². The van der Waals surface area contributed by atoms with Gasteiger partial charge in [0, 0.05) is 29.4 Å². The highest BCUT2D eigenvalue weighted by atomic mass is 35.5. The second kappa shape index (κ2) is 8.69. The van der Waals surface area contributed by atoms with E-state index in [1.807, 2.05) is 18.2 Å². The zero-order chi connectivity index (χ0) is 21.1. The van der Waals surface area contributed by atoms with Gasteiger partial charge in [-0.25, -0.2) is 8.42 Å². The van der Waals surface area contributed by atoms with Crippen LogP contribution < -0.4 is 5.32 Å². The molecule has 9 heteroatoms. The molecule has 0 amide bonds. The quantitative estimate of drug-likeness (QED) is 0.643. The maximum atomic E-state index is 13.1. The van der Waals surface area contributed by atoms with Crippen molar-refractivity contribution in [3.05, 3.63) is 65.2 Å². The number of morpholine rings is 1. The Morgan fingerprint density at radius 3 is 2.40 bits per heavy atom. The van der Waals surface area contributed by atoms with Crippen molar-refractivity contribution in [2.75, 3.05) is 31.6 Å². The van der Waals surface area contributed by atoms with E-state index in [0.717, 1.165) is 5.69 Å². The molecular weight excluding hydrogens is 424 g/mol. The summed E-state index contributed by atoms with van der Waals surface area (Å²) in [4.78, 5) is 0.284. The average Bonchev–Trinajstić information content (AvgIpc) is 2.77. The second-order valence-electron chi connectivity index (χ2n) is 6.93. The van der Waals surface area contributed by atoms with Crippen LogP contribution in [0.15, 0.2) is 59.5 Å². The van der Waals surface area contributed by atoms with E-state index in [2.05, 4.69) is 15.5 Å². The molecule has 7 nitrogen and oxygen atoms in total. The minimum Gasteiger partial charge on any atom is -0.379 e. The summed E-state index contributed by atoms with van der Waals surface area (Å²) in [6.07, 6.45) is 0. The fourth-order valence-corrected chi connectivity index (χ4v) is 4.98. The molecule has 0 bridgehead atoms. The van der Waals surface area contributed by atoms with Crippen molar-refractivity contribution >= 4 is 33.1 Å². The first-order valence-corrected chi connectivity index (χ1v) is 11.3. The molecule has 0 aliphatic carbocycles. The molecule has 0 atom stereocenters. The van der Waals surface area contributed by atoms with Gasteiger partial charge in [0.05, 0.1) is 23.8 Å². The summed E-state index contributed by atoms with van der Waals surface area (Å²) >= 11 is 5.90. The third kappa shape index (κ3) is 4.46. The summed E-state index contributed by atoms with van der Waals surface area (Å²) in [6, 6.07) is 16.2. The van der Waals surface area contributed by atoms with Crippen LogP contribution in [0.4, 0.5) is 11.5 Å². The largest absolute Gasteiger partial charge is 0.379 e. The lowest BCUT2D eigenvalue weighted by Crippen LogP contribution is -2.40. The number of aromatic nitrogens is 2. The van der Waals surface area contributed by atoms with E-state index in [1.54, 1.807) is 43.3 Å². The fraction of sp³-hybridized carbons (Fsp3) is 0.238. The molecule has 0 saturated carbocycles. The topological polar surface area (TPSA) is 84.4 Å². The lowest BCUT2D eigenvalue weighted by atomic mass is 10.1. The van der Waals surface area contributed by atoms with Crippen molar-refractivity contribution in [1.82, 2.24) is 14.5 Å². The van der Waals surface area contributed by atoms with Crippen molar-refractivity contribution in [1.29, 1.82) is 0 Å². The molecule has 2 heterocycles. The monoisotopic (exact) mass is 444 g/mol. The van der Waals surface area contributed by atoms with E-state index >= 15 is 0 Å². The Labute approximate surface area is 180 Å². The summed E-state index contributed by atoms with van der Waals surface area (Å²) in [5.41, 5.74) is 2.82. The lowest BCUT2D eigenvalue weighted by Gasteiger charge is -2.26. The third-order valence-electron chi connectivity index (χ3n) is 4.85. The van der Waals surface area contributed by atoms with Gasteiger partial charge in [-0.1, -0.05) is 23.7 Å². The molecule has 1 aliphatic heterocycles. The molecule has 0 radical (unpaired) electrons. The number of nitrogens with one attached hydrogen (secondary N) is 1. The van der Waals surface area contributed by atoms with Gasteiger partial charge < -0.3 is 10.1 Å². The molecular formula is C21H21ClN4O3S. The molecule has 1 saturated heterocycles. The number of ether oxygens (including phenoxy) is 1. The fourth-order valence-electron chi connectivity index (χ4n) is 3.20. The SMILES string of the molecule is Cc1ccc(-c2ccc(Nc3ccc(Cl)cc3)nn2)cc1S(=O)(=O)N1CCOCC1. The number of nitrogens with zero attached hydrogens (tertiary/aromatic N) is 3. The molecule has 0 spiro atoms. The summed E-state index contributed by atoms with van der Waals surface area (Å²) in [6.45, 7) is 3.33. The molecule has 1 fully saturated rings. The zero-order valence-corrected chi connectivity index (χ0v) is 17.9. The summed E-state index contributed by atoms with van der Waals surface area (Å²) in [5, 5.41) is 12.3. The minimum absolute atomic E-state index is 0.284. The van der Waals surface area contributed by atoms with Crippen LogP contribution in [0.3, 0.4) is 0 Å². The van der Waals surface area contributed by atoms with Gasteiger partial charge in [-0.15, -0.1) is 10.2 Å². The van der Waals surface area contributed by atoms with Crippen LogP contribution in [0.2, 0.25) is 5.02 Å². The number of hydrogen-bond acceptors (Lipinski definition) is 6. The predicted octanol–water partition coefficient (Wildman–Crippen LogP) is 3.87. The number of aryl methyl sites for hydroxylation is 1. The Morgan fingerprint density at radius 1 is 1.00 bits per heavy atom. The highest BCUT2D eigenvalue weighted by Gasteiger charge is 2.28. The van der Waals surface area contributed by atoms with Gasteiger partial charge in [-0.05, 0) is 55.0 Å². The van der Waals surface area contributed by atoms with Gasteiger partial charge in [0.2, 0.25) is 10.0 Å². The van der Waals surface area contributed by atoms with Crippen LogP contribution in [0.25, 0.3) is 11.3 Å². The third-order valence-corrected chi connectivity index (χ3v) is 7.15. The number of hydrogen-bond donors (Lipinski definition) is 1. The molecule has 156 valence electrons. The van der Waals surface area contributed by atoms with Crippen molar-refractivity contribution in [2.45, 2.75) is 11.8 Å². The van der Waals surface area contributed by atoms with Crippen LogP contribution in [0.1, 0.15) is 5.56 Å². The maximum absolute atomic E-state index is 13.1. The van der Waals surface area contributed by atoms with Crippen LogP contribution >= 0.6 is 11.6 Å². The molecule has 1 aliphatic rings. The second-order valence-corrected chi connectivity index (χ2v) is 9.28. The lowest BCUT2D eigenvalue weighted by molar-refractivity contribution is 0.0730. The normalized spacial score (nSPS) is 15.1. The smallest absolute Gasteiger partial charge is 0.243 e. The van der Waals surface area contributed by atoms with Crippen LogP contribution in [-0.4, -0.2) is 49.2 Å². The van der Waals surface area contributed by atoms with E-state index in [1.165, 1.54) is 4.31 Å². The number of benzene rings is 2. The van der Waals surface area contributed by atoms with E-state index < -0.39 is 10.0 Å². The highest BCUT2D eigenvalue weighted by Crippen LogP contribution is 2.27. The summed E-state index contributed by atoms with van der Waals surface area (Å²) in [5.74, 6) is 0.578. The molecule has 3 aromatic rings. The Kier molecular flexibility index (Phi) is 6.01. The molecule has 1 N–H and O–H groups in total. The van der Waals surface area contributed by atoms with Gasteiger partial charge in [0.15, 0.2) is 5.82 Å². The first kappa shape index (κ1) is 20.7. The zero-order valence-electron chi connectivity index (χ0n) is 16.4. The first-order chi connectivity index (χ1) is 14.4. The molecule has 4 rings (SSSR count). The summed E-state index contributed by atoms with van der Waals surface area (Å²) < 4.78 is 32.9. The van der Waals surface area contributed by atoms with E-state index in [9.17, 15) is 8.42 Å². The van der Waals surface area contributed by atoms with Crippen molar-refractivity contribution in [2.24, 2.45) is 0 Å². The Bertz CT molecular complexity index is 1130.